The van der Waals surface area contributed by atoms with Crippen molar-refractivity contribution in [2.75, 3.05) is 5.01 Å². The van der Waals surface area contributed by atoms with Crippen LogP contribution < -0.4 is 5.01 Å². The lowest BCUT2D eigenvalue weighted by atomic mass is 9.79. The van der Waals surface area contributed by atoms with E-state index in [1.165, 1.54) is 39.6 Å². The molecule has 2 heterocycles. The number of benzene rings is 4. The number of rotatable bonds is 4. The number of anilines is 1. The molecule has 37 heavy (non-hydrogen) atoms. The molecule has 0 radical (unpaired) electrons. The maximum atomic E-state index is 12.7. The van der Waals surface area contributed by atoms with Gasteiger partial charge in [0.05, 0.1) is 10.4 Å². The fourth-order valence-electron chi connectivity index (χ4n) is 5.40. The Balaban J connectivity index is 1.68. The zero-order chi connectivity index (χ0) is 25.8. The Morgan fingerprint density at radius 1 is 0.757 bits per heavy atom. The molecule has 1 atom stereocenters. The van der Waals surface area contributed by atoms with Crippen LogP contribution in [0.4, 0.5) is 5.69 Å². The number of carbonyl (C=O) groups is 1. The number of fused-ring (bicyclic) bond motifs is 2. The summed E-state index contributed by atoms with van der Waals surface area (Å²) in [5, 5.41) is 8.10. The van der Waals surface area contributed by atoms with Gasteiger partial charge in [0, 0.05) is 17.5 Å². The van der Waals surface area contributed by atoms with Gasteiger partial charge in [-0.3, -0.25) is 4.79 Å². The number of carbonyl (C=O) groups excluding carboxylic acids is 1. The van der Waals surface area contributed by atoms with E-state index in [2.05, 4.69) is 86.6 Å². The highest BCUT2D eigenvalue weighted by Gasteiger charge is 2.62. The number of hydrazone groups is 1. The minimum Gasteiger partial charge on any atom is -0.292 e. The number of halogens is 1. The van der Waals surface area contributed by atoms with Crippen molar-refractivity contribution in [1.29, 1.82) is 0 Å². The van der Waals surface area contributed by atoms with E-state index in [4.69, 9.17) is 16.7 Å². The minimum absolute atomic E-state index is 0.0387. The van der Waals surface area contributed by atoms with Gasteiger partial charge in [-0.25, -0.2) is 5.01 Å². The maximum absolute atomic E-state index is 12.7. The summed E-state index contributed by atoms with van der Waals surface area (Å²) in [7, 11) is 0. The highest BCUT2D eigenvalue weighted by Crippen LogP contribution is 2.71. The maximum Gasteiger partial charge on any atom is 0.187 e. The molecule has 0 bridgehead atoms. The first-order chi connectivity index (χ1) is 17.9. The van der Waals surface area contributed by atoms with Crippen LogP contribution in [0.15, 0.2) is 102 Å². The molecular weight excluding hydrogens is 516 g/mol. The molecule has 0 unspecified atom stereocenters. The second-order valence-electron chi connectivity index (χ2n) is 9.39. The number of thioether (sulfide) groups is 2. The fourth-order valence-corrected chi connectivity index (χ4v) is 9.26. The Labute approximate surface area is 230 Å². The SMILES string of the molecule is CC(=O)C1=NN(c2ccc(Cl)cc2)[C@]2(S1)SC(c1ccccc1C)(c1ccccc1C)c1ccccc12. The molecule has 0 saturated heterocycles. The van der Waals surface area contributed by atoms with Gasteiger partial charge in [0.15, 0.2) is 15.0 Å². The summed E-state index contributed by atoms with van der Waals surface area (Å²) in [6, 6.07) is 33.6. The lowest BCUT2D eigenvalue weighted by molar-refractivity contribution is -0.110. The second kappa shape index (κ2) is 9.09. The Kier molecular flexibility index (Phi) is 5.98. The summed E-state index contributed by atoms with van der Waals surface area (Å²) >= 11 is 9.64. The molecule has 0 N–H and O–H groups in total. The second-order valence-corrected chi connectivity index (χ2v) is 12.7. The van der Waals surface area contributed by atoms with E-state index >= 15 is 0 Å². The first kappa shape index (κ1) is 24.4. The monoisotopic (exact) mass is 540 g/mol. The van der Waals surface area contributed by atoms with Crippen LogP contribution in [0.5, 0.6) is 0 Å². The average molecular weight is 541 g/mol. The lowest BCUT2D eigenvalue weighted by Crippen LogP contribution is -2.34. The number of aryl methyl sites for hydroxylation is 2. The van der Waals surface area contributed by atoms with Crippen molar-refractivity contribution in [3.05, 3.63) is 135 Å². The molecule has 1 spiro atoms. The van der Waals surface area contributed by atoms with Gasteiger partial charge in [0.1, 0.15) is 0 Å². The summed E-state index contributed by atoms with van der Waals surface area (Å²) in [4.78, 5) is 12.7. The average Bonchev–Trinajstić information content (AvgIpc) is 3.43. The number of hydrogen-bond acceptors (Lipinski definition) is 5. The van der Waals surface area contributed by atoms with Gasteiger partial charge in [-0.1, -0.05) is 108 Å². The van der Waals surface area contributed by atoms with Crippen LogP contribution in [0.3, 0.4) is 0 Å². The molecule has 0 saturated carbocycles. The van der Waals surface area contributed by atoms with Crippen molar-refractivity contribution in [2.45, 2.75) is 29.7 Å². The minimum atomic E-state index is -0.685. The van der Waals surface area contributed by atoms with Crippen molar-refractivity contribution in [1.82, 2.24) is 0 Å². The van der Waals surface area contributed by atoms with Crippen molar-refractivity contribution < 1.29 is 4.79 Å². The van der Waals surface area contributed by atoms with Crippen molar-refractivity contribution in [3.63, 3.8) is 0 Å². The summed E-state index contributed by atoms with van der Waals surface area (Å²) in [6.45, 7) is 5.95. The molecule has 184 valence electrons. The van der Waals surface area contributed by atoms with E-state index in [9.17, 15) is 4.79 Å². The van der Waals surface area contributed by atoms with Gasteiger partial charge in [0.2, 0.25) is 0 Å². The quantitative estimate of drug-likeness (QED) is 0.261. The van der Waals surface area contributed by atoms with Crippen LogP contribution >= 0.6 is 35.1 Å². The van der Waals surface area contributed by atoms with Crippen LogP contribution in [-0.2, 0) is 13.7 Å². The lowest BCUT2D eigenvalue weighted by Gasteiger charge is -2.38. The standard InChI is InChI=1S/C31H25ClN2OS2/c1-20-10-4-6-12-25(20)30(26-13-7-5-11-21(26)2)27-14-8-9-15-28(27)31(37-30)34(33-29(36-31)22(3)35)24-18-16-23(32)17-19-24/h4-19H,1-3H3/t31-/m1/s1. The number of ketones is 1. The largest absolute Gasteiger partial charge is 0.292 e. The van der Waals surface area contributed by atoms with Gasteiger partial charge in [-0.05, 0) is 65.9 Å². The smallest absolute Gasteiger partial charge is 0.187 e. The molecule has 0 aliphatic carbocycles. The van der Waals surface area contributed by atoms with Crippen LogP contribution in [-0.4, -0.2) is 10.8 Å². The van der Waals surface area contributed by atoms with Gasteiger partial charge < -0.3 is 0 Å². The Hall–Kier alpha value is -2.99. The van der Waals surface area contributed by atoms with Crippen LogP contribution in [0, 0.1) is 13.8 Å². The molecule has 2 aliphatic heterocycles. The molecule has 0 amide bonds. The van der Waals surface area contributed by atoms with Crippen LogP contribution in [0.1, 0.15) is 40.3 Å². The normalized spacial score (nSPS) is 19.7. The molecule has 2 aliphatic rings. The molecule has 3 nitrogen and oxygen atoms in total. The van der Waals surface area contributed by atoms with E-state index in [0.29, 0.717) is 10.1 Å². The zero-order valence-corrected chi connectivity index (χ0v) is 23.1. The summed E-state index contributed by atoms with van der Waals surface area (Å²) in [5.41, 5.74) is 8.18. The Morgan fingerprint density at radius 2 is 1.27 bits per heavy atom. The predicted molar refractivity (Wildman–Crippen MR) is 158 cm³/mol. The molecule has 0 fully saturated rings. The number of hydrogen-bond donors (Lipinski definition) is 0. The van der Waals surface area contributed by atoms with Crippen molar-refractivity contribution in [2.24, 2.45) is 5.10 Å². The zero-order valence-electron chi connectivity index (χ0n) is 20.7. The topological polar surface area (TPSA) is 32.7 Å². The first-order valence-electron chi connectivity index (χ1n) is 12.1. The molecule has 6 heteroatoms. The third-order valence-electron chi connectivity index (χ3n) is 7.06. The van der Waals surface area contributed by atoms with Crippen LogP contribution in [0.2, 0.25) is 5.02 Å². The Bertz CT molecular complexity index is 1520. The van der Waals surface area contributed by atoms with Gasteiger partial charge >= 0.3 is 0 Å². The van der Waals surface area contributed by atoms with E-state index in [1.54, 1.807) is 6.92 Å². The predicted octanol–water partition coefficient (Wildman–Crippen LogP) is 8.26. The van der Waals surface area contributed by atoms with E-state index in [1.807, 2.05) is 41.0 Å². The van der Waals surface area contributed by atoms with Crippen molar-refractivity contribution >= 4 is 51.6 Å². The highest BCUT2D eigenvalue weighted by molar-refractivity contribution is 8.27. The first-order valence-corrected chi connectivity index (χ1v) is 14.1. The van der Waals surface area contributed by atoms with Gasteiger partial charge in [-0.2, -0.15) is 5.10 Å². The third kappa shape index (κ3) is 3.67. The highest BCUT2D eigenvalue weighted by atomic mass is 35.5. The molecular formula is C31H25ClN2OS2. The van der Waals surface area contributed by atoms with Crippen molar-refractivity contribution in [3.8, 4) is 0 Å². The van der Waals surface area contributed by atoms with E-state index < -0.39 is 8.95 Å². The van der Waals surface area contributed by atoms with E-state index in [0.717, 1.165) is 11.3 Å². The molecule has 6 rings (SSSR count). The summed E-state index contributed by atoms with van der Waals surface area (Å²) in [6.07, 6.45) is 0. The van der Waals surface area contributed by atoms with E-state index in [-0.39, 0.29) is 5.78 Å². The fraction of sp³-hybridized carbons (Fsp3) is 0.161. The Morgan fingerprint density at radius 3 is 1.81 bits per heavy atom. The van der Waals surface area contributed by atoms with Gasteiger partial charge in [0.25, 0.3) is 0 Å². The summed E-state index contributed by atoms with van der Waals surface area (Å²) in [5.74, 6) is -0.0387. The number of Topliss-reactive ketones (excluding diaryl/α,β-unsaturated/α-hetero) is 1. The van der Waals surface area contributed by atoms with Gasteiger partial charge in [-0.15, -0.1) is 0 Å². The molecule has 4 aromatic rings. The molecule has 0 aromatic heterocycles. The summed E-state index contributed by atoms with van der Waals surface area (Å²) < 4.78 is -1.19. The third-order valence-corrected chi connectivity index (χ3v) is 10.7. The number of nitrogens with zero attached hydrogens (tertiary/aromatic N) is 2. The van der Waals surface area contributed by atoms with Crippen LogP contribution in [0.25, 0.3) is 0 Å². The molecule has 4 aromatic carbocycles.